The lowest BCUT2D eigenvalue weighted by Crippen LogP contribution is -2.12. The highest BCUT2D eigenvalue weighted by Gasteiger charge is 2.04. The molecule has 0 heterocycles. The van der Waals surface area contributed by atoms with Gasteiger partial charge in [-0.25, -0.2) is 0 Å². The average molecular weight is 348 g/mol. The van der Waals surface area contributed by atoms with Gasteiger partial charge in [0, 0.05) is 16.7 Å². The summed E-state index contributed by atoms with van der Waals surface area (Å²) in [4.78, 5) is 0. The van der Waals surface area contributed by atoms with E-state index in [0.29, 0.717) is 12.5 Å². The minimum Gasteiger partial charge on any atom is -0.491 e. The van der Waals surface area contributed by atoms with Crippen molar-refractivity contribution in [3.63, 3.8) is 0 Å². The Hall–Kier alpha value is -1.48. The molecule has 0 unspecified atom stereocenters. The van der Waals surface area contributed by atoms with E-state index < -0.39 is 0 Å². The number of benzene rings is 2. The van der Waals surface area contributed by atoms with E-state index in [1.807, 2.05) is 12.1 Å². The van der Waals surface area contributed by atoms with Gasteiger partial charge >= 0.3 is 0 Å². The Labute approximate surface area is 135 Å². The van der Waals surface area contributed by atoms with Crippen LogP contribution < -0.4 is 10.1 Å². The van der Waals surface area contributed by atoms with Gasteiger partial charge in [0.05, 0.1) is 0 Å². The fourth-order valence-corrected chi connectivity index (χ4v) is 2.49. The quantitative estimate of drug-likeness (QED) is 0.709. The van der Waals surface area contributed by atoms with Crippen LogP contribution in [0.1, 0.15) is 30.9 Å². The number of hydrogen-bond donors (Lipinski definition) is 1. The van der Waals surface area contributed by atoms with Crippen molar-refractivity contribution in [1.82, 2.24) is 0 Å². The van der Waals surface area contributed by atoms with Crippen LogP contribution in [-0.2, 0) is 0 Å². The van der Waals surface area contributed by atoms with Crippen molar-refractivity contribution in [3.05, 3.63) is 58.1 Å². The van der Waals surface area contributed by atoms with Crippen LogP contribution in [0.15, 0.2) is 46.9 Å². The summed E-state index contributed by atoms with van der Waals surface area (Å²) in [6, 6.07) is 14.6. The minimum atomic E-state index is 0.521. The van der Waals surface area contributed by atoms with E-state index in [1.165, 1.54) is 11.1 Å². The zero-order valence-corrected chi connectivity index (χ0v) is 14.4. The Bertz CT molecular complexity index is 596. The van der Waals surface area contributed by atoms with Gasteiger partial charge in [0.2, 0.25) is 0 Å². The first kappa shape index (κ1) is 15.9. The maximum Gasteiger partial charge on any atom is 0.122 e. The fourth-order valence-electron chi connectivity index (χ4n) is 2.09. The van der Waals surface area contributed by atoms with Crippen molar-refractivity contribution >= 4 is 21.6 Å². The number of hydrogen-bond acceptors (Lipinski definition) is 2. The molecule has 0 aromatic heterocycles. The van der Waals surface area contributed by atoms with Gasteiger partial charge in [-0.05, 0) is 48.2 Å². The lowest BCUT2D eigenvalue weighted by molar-refractivity contribution is 0.330. The van der Waals surface area contributed by atoms with Crippen LogP contribution >= 0.6 is 15.9 Å². The normalized spacial score (nSPS) is 10.7. The maximum atomic E-state index is 5.91. The minimum absolute atomic E-state index is 0.521. The van der Waals surface area contributed by atoms with E-state index in [0.717, 1.165) is 22.5 Å². The van der Waals surface area contributed by atoms with E-state index in [-0.39, 0.29) is 0 Å². The van der Waals surface area contributed by atoms with Crippen molar-refractivity contribution in [1.29, 1.82) is 0 Å². The van der Waals surface area contributed by atoms with Crippen LogP contribution in [0.4, 0.5) is 5.69 Å². The van der Waals surface area contributed by atoms with Gasteiger partial charge in [-0.2, -0.15) is 0 Å². The summed E-state index contributed by atoms with van der Waals surface area (Å²) in [5.74, 6) is 1.50. The number of aryl methyl sites for hydroxylation is 1. The van der Waals surface area contributed by atoms with Crippen LogP contribution in [0.5, 0.6) is 5.75 Å². The fraction of sp³-hybridized carbons (Fsp3) is 0.333. The molecule has 112 valence electrons. The third-order valence-corrected chi connectivity index (χ3v) is 3.89. The van der Waals surface area contributed by atoms with Crippen LogP contribution in [-0.4, -0.2) is 13.2 Å². The summed E-state index contributed by atoms with van der Waals surface area (Å²) >= 11 is 3.47. The second-order valence-electron chi connectivity index (χ2n) is 5.47. The molecular formula is C18H22BrNO. The SMILES string of the molecule is Cc1ccc(C(C)C)cc1OCCNc1cccc(Br)c1. The first-order chi connectivity index (χ1) is 10.1. The first-order valence-corrected chi connectivity index (χ1v) is 8.08. The van der Waals surface area contributed by atoms with Crippen molar-refractivity contribution in [2.24, 2.45) is 0 Å². The molecule has 0 fully saturated rings. The second kappa shape index (κ2) is 7.51. The molecule has 2 rings (SSSR count). The molecule has 0 saturated carbocycles. The van der Waals surface area contributed by atoms with Crippen molar-refractivity contribution in [2.75, 3.05) is 18.5 Å². The topological polar surface area (TPSA) is 21.3 Å². The number of anilines is 1. The van der Waals surface area contributed by atoms with Gasteiger partial charge in [0.15, 0.2) is 0 Å². The molecule has 2 aromatic rings. The zero-order valence-electron chi connectivity index (χ0n) is 12.8. The molecule has 2 aromatic carbocycles. The number of rotatable bonds is 6. The zero-order chi connectivity index (χ0) is 15.2. The summed E-state index contributed by atoms with van der Waals surface area (Å²) in [6.45, 7) is 7.91. The predicted octanol–water partition coefficient (Wildman–Crippen LogP) is 5.37. The highest BCUT2D eigenvalue weighted by molar-refractivity contribution is 9.10. The molecule has 2 nitrogen and oxygen atoms in total. The Morgan fingerprint density at radius 3 is 2.67 bits per heavy atom. The van der Waals surface area contributed by atoms with Crippen LogP contribution in [0.25, 0.3) is 0 Å². The molecule has 0 aliphatic heterocycles. The molecule has 0 saturated heterocycles. The Kier molecular flexibility index (Phi) is 5.68. The van der Waals surface area contributed by atoms with Crippen molar-refractivity contribution in [2.45, 2.75) is 26.7 Å². The van der Waals surface area contributed by atoms with Gasteiger partial charge in [-0.15, -0.1) is 0 Å². The molecule has 0 aliphatic carbocycles. The van der Waals surface area contributed by atoms with Gasteiger partial charge in [-0.1, -0.05) is 48.0 Å². The monoisotopic (exact) mass is 347 g/mol. The summed E-state index contributed by atoms with van der Waals surface area (Å²) in [5.41, 5.74) is 3.60. The second-order valence-corrected chi connectivity index (χ2v) is 6.38. The summed E-state index contributed by atoms with van der Waals surface area (Å²) in [7, 11) is 0. The van der Waals surface area contributed by atoms with E-state index in [2.05, 4.69) is 72.3 Å². The molecule has 0 spiro atoms. The summed E-state index contributed by atoms with van der Waals surface area (Å²) < 4.78 is 6.98. The molecule has 1 N–H and O–H groups in total. The van der Waals surface area contributed by atoms with Gasteiger partial charge in [0.25, 0.3) is 0 Å². The molecule has 0 bridgehead atoms. The van der Waals surface area contributed by atoms with Crippen LogP contribution in [0, 0.1) is 6.92 Å². The van der Waals surface area contributed by atoms with E-state index in [4.69, 9.17) is 4.74 Å². The van der Waals surface area contributed by atoms with E-state index >= 15 is 0 Å². The van der Waals surface area contributed by atoms with E-state index in [1.54, 1.807) is 0 Å². The average Bonchev–Trinajstić information content (AvgIpc) is 2.45. The molecule has 0 amide bonds. The Morgan fingerprint density at radius 1 is 1.14 bits per heavy atom. The molecule has 0 atom stereocenters. The van der Waals surface area contributed by atoms with E-state index in [9.17, 15) is 0 Å². The number of ether oxygens (including phenoxy) is 1. The Morgan fingerprint density at radius 2 is 1.95 bits per heavy atom. The highest BCUT2D eigenvalue weighted by atomic mass is 79.9. The third kappa shape index (κ3) is 4.78. The predicted molar refractivity (Wildman–Crippen MR) is 93.4 cm³/mol. The number of halogens is 1. The molecular weight excluding hydrogens is 326 g/mol. The number of nitrogens with one attached hydrogen (secondary N) is 1. The first-order valence-electron chi connectivity index (χ1n) is 7.29. The van der Waals surface area contributed by atoms with Gasteiger partial charge < -0.3 is 10.1 Å². The van der Waals surface area contributed by atoms with Crippen molar-refractivity contribution < 1.29 is 4.74 Å². The summed E-state index contributed by atoms with van der Waals surface area (Å²) in [5, 5.41) is 3.36. The van der Waals surface area contributed by atoms with Crippen LogP contribution in [0.2, 0.25) is 0 Å². The summed E-state index contributed by atoms with van der Waals surface area (Å²) in [6.07, 6.45) is 0. The Balaban J connectivity index is 1.87. The highest BCUT2D eigenvalue weighted by Crippen LogP contribution is 2.24. The maximum absolute atomic E-state index is 5.91. The van der Waals surface area contributed by atoms with Gasteiger partial charge in [0.1, 0.15) is 12.4 Å². The third-order valence-electron chi connectivity index (χ3n) is 3.39. The molecule has 0 aliphatic rings. The standard InChI is InChI=1S/C18H22BrNO/c1-13(2)15-8-7-14(3)18(11-15)21-10-9-20-17-6-4-5-16(19)12-17/h4-8,11-13,20H,9-10H2,1-3H3. The molecule has 3 heteroatoms. The van der Waals surface area contributed by atoms with Crippen molar-refractivity contribution in [3.8, 4) is 5.75 Å². The smallest absolute Gasteiger partial charge is 0.122 e. The lowest BCUT2D eigenvalue weighted by atomic mass is 10.0. The molecule has 0 radical (unpaired) electrons. The lowest BCUT2D eigenvalue weighted by Gasteiger charge is -2.13. The van der Waals surface area contributed by atoms with Crippen LogP contribution in [0.3, 0.4) is 0 Å². The van der Waals surface area contributed by atoms with Gasteiger partial charge in [-0.3, -0.25) is 0 Å². The largest absolute Gasteiger partial charge is 0.491 e. The molecule has 21 heavy (non-hydrogen) atoms.